The molecule has 0 amide bonds. The minimum Gasteiger partial charge on any atom is -0.482 e. The van der Waals surface area contributed by atoms with E-state index in [4.69, 9.17) is 17.0 Å². The number of nitrogens with one attached hydrogen (secondary N) is 1. The number of hydrogen-bond donors (Lipinski definition) is 1. The van der Waals surface area contributed by atoms with Crippen LogP contribution in [0.3, 0.4) is 0 Å². The van der Waals surface area contributed by atoms with E-state index in [-0.39, 0.29) is 6.10 Å². The monoisotopic (exact) mass is 350 g/mol. The maximum Gasteiger partial charge on any atom is 0.160 e. The molecule has 104 valence electrons. The molecule has 0 radical (unpaired) electrons. The van der Waals surface area contributed by atoms with Crippen LogP contribution in [0.4, 0.5) is 0 Å². The highest BCUT2D eigenvalue weighted by molar-refractivity contribution is 9.10. The van der Waals surface area contributed by atoms with Gasteiger partial charge in [0.05, 0.1) is 4.47 Å². The Balaban J connectivity index is 1.99. The molecular weight excluding hydrogens is 336 g/mol. The lowest BCUT2D eigenvalue weighted by atomic mass is 10.1. The van der Waals surface area contributed by atoms with Gasteiger partial charge in [0, 0.05) is 12.1 Å². The second-order valence-corrected chi connectivity index (χ2v) is 6.41. The van der Waals surface area contributed by atoms with Gasteiger partial charge in [-0.05, 0) is 33.5 Å². The number of ether oxygens (including phenoxy) is 1. The zero-order chi connectivity index (χ0) is 14.3. The minimum absolute atomic E-state index is 0.0836. The van der Waals surface area contributed by atoms with Crippen molar-refractivity contribution in [1.29, 1.82) is 0 Å². The molecule has 3 nitrogen and oxygen atoms in total. The van der Waals surface area contributed by atoms with Gasteiger partial charge < -0.3 is 9.72 Å². The van der Waals surface area contributed by atoms with Crippen LogP contribution >= 0.6 is 28.1 Å². The smallest absolute Gasteiger partial charge is 0.160 e. The molecule has 0 saturated heterocycles. The van der Waals surface area contributed by atoms with Gasteiger partial charge in [-0.2, -0.15) is 0 Å². The number of hydrogen-bond acceptors (Lipinski definition) is 3. The minimum atomic E-state index is -0.0836. The molecule has 2 heterocycles. The summed E-state index contributed by atoms with van der Waals surface area (Å²) in [5, 5.41) is 0. The largest absolute Gasteiger partial charge is 0.482 e. The zero-order valence-corrected chi connectivity index (χ0v) is 13.7. The van der Waals surface area contributed by atoms with Crippen LogP contribution in [0.1, 0.15) is 43.0 Å². The summed E-state index contributed by atoms with van der Waals surface area (Å²) in [6, 6.07) is 8.09. The van der Waals surface area contributed by atoms with Crippen LogP contribution in [0.25, 0.3) is 0 Å². The Kier molecular flexibility index (Phi) is 3.65. The average molecular weight is 351 g/mol. The van der Waals surface area contributed by atoms with E-state index < -0.39 is 0 Å². The molecule has 1 aromatic carbocycles. The van der Waals surface area contributed by atoms with E-state index in [0.717, 1.165) is 28.2 Å². The van der Waals surface area contributed by atoms with Gasteiger partial charge in [0.15, 0.2) is 6.10 Å². The third-order valence-corrected chi connectivity index (χ3v) is 4.80. The predicted octanol–water partition coefficient (Wildman–Crippen LogP) is 4.70. The first-order valence-corrected chi connectivity index (χ1v) is 7.80. The first-order chi connectivity index (χ1) is 9.56. The molecule has 1 aliphatic heterocycles. The van der Waals surface area contributed by atoms with E-state index in [1.807, 2.05) is 18.2 Å². The van der Waals surface area contributed by atoms with Crippen molar-refractivity contribution >= 4 is 28.1 Å². The number of aromatic nitrogens is 2. The summed E-state index contributed by atoms with van der Waals surface area (Å²) in [6.45, 7) is 4.25. The summed E-state index contributed by atoms with van der Waals surface area (Å²) in [5.74, 6) is 2.09. The van der Waals surface area contributed by atoms with Crippen molar-refractivity contribution in [2.24, 2.45) is 0 Å². The van der Waals surface area contributed by atoms with E-state index in [1.54, 1.807) is 0 Å². The Morgan fingerprint density at radius 1 is 1.40 bits per heavy atom. The van der Waals surface area contributed by atoms with Gasteiger partial charge in [-0.25, -0.2) is 4.98 Å². The normalized spacial score (nSPS) is 17.1. The number of fused-ring (bicyclic) bond motifs is 1. The molecule has 0 spiro atoms. The van der Waals surface area contributed by atoms with Gasteiger partial charge in [0.25, 0.3) is 0 Å². The Morgan fingerprint density at radius 3 is 2.85 bits per heavy atom. The van der Waals surface area contributed by atoms with E-state index >= 15 is 0 Å². The molecule has 1 N–H and O–H groups in total. The van der Waals surface area contributed by atoms with Gasteiger partial charge in [0.2, 0.25) is 0 Å². The van der Waals surface area contributed by atoms with Crippen LogP contribution in [0, 0.1) is 4.64 Å². The molecule has 2 aromatic rings. The number of nitrogens with zero attached hydrogens (tertiary/aromatic N) is 1. The van der Waals surface area contributed by atoms with Gasteiger partial charge >= 0.3 is 0 Å². The van der Waals surface area contributed by atoms with Crippen molar-refractivity contribution in [1.82, 2.24) is 9.97 Å². The highest BCUT2D eigenvalue weighted by Gasteiger charge is 2.26. The molecular formula is C15H15BrN2OS. The fourth-order valence-corrected chi connectivity index (χ4v) is 3.23. The fraction of sp³-hybridized carbons (Fsp3) is 0.333. The lowest BCUT2D eigenvalue weighted by molar-refractivity contribution is 0.226. The second kappa shape index (κ2) is 5.30. The van der Waals surface area contributed by atoms with Crippen LogP contribution in [-0.4, -0.2) is 9.97 Å². The van der Waals surface area contributed by atoms with E-state index in [0.29, 0.717) is 10.6 Å². The van der Waals surface area contributed by atoms with Crippen LogP contribution in [0.5, 0.6) is 5.75 Å². The quantitative estimate of drug-likeness (QED) is 0.797. The highest BCUT2D eigenvalue weighted by Crippen LogP contribution is 2.36. The van der Waals surface area contributed by atoms with E-state index in [2.05, 4.69) is 45.8 Å². The van der Waals surface area contributed by atoms with Crippen molar-refractivity contribution in [3.8, 4) is 5.75 Å². The standard InChI is InChI=1S/C15H15BrN2OS/c1-8(2)13-12(16)15(20)18-14(17-13)11-7-9-5-3-4-6-10(9)19-11/h3-6,8,11H,7H2,1-2H3,(H,17,18,20). The maximum absolute atomic E-state index is 5.97. The maximum atomic E-state index is 5.97. The summed E-state index contributed by atoms with van der Waals surface area (Å²) in [5.41, 5.74) is 2.28. The third kappa shape index (κ3) is 2.40. The summed E-state index contributed by atoms with van der Waals surface area (Å²) >= 11 is 8.85. The Hall–Kier alpha value is -1.20. The number of rotatable bonds is 2. The van der Waals surface area contributed by atoms with Crippen LogP contribution < -0.4 is 4.74 Å². The number of para-hydroxylation sites is 1. The second-order valence-electron chi connectivity index (χ2n) is 5.23. The average Bonchev–Trinajstić information content (AvgIpc) is 2.85. The van der Waals surface area contributed by atoms with Crippen molar-refractivity contribution < 1.29 is 4.74 Å². The van der Waals surface area contributed by atoms with Gasteiger partial charge in [-0.1, -0.05) is 44.3 Å². The molecule has 0 fully saturated rings. The number of halogens is 1. The molecule has 3 rings (SSSR count). The Bertz CT molecular complexity index is 686. The van der Waals surface area contributed by atoms with Crippen molar-refractivity contribution in [2.75, 3.05) is 0 Å². The van der Waals surface area contributed by atoms with Crippen molar-refractivity contribution in [2.45, 2.75) is 32.3 Å². The first-order valence-electron chi connectivity index (χ1n) is 6.60. The summed E-state index contributed by atoms with van der Waals surface area (Å²) < 4.78 is 7.43. The molecule has 1 atom stereocenters. The fourth-order valence-electron chi connectivity index (χ4n) is 2.38. The van der Waals surface area contributed by atoms with E-state index in [1.165, 1.54) is 5.56 Å². The molecule has 0 bridgehead atoms. The molecule has 20 heavy (non-hydrogen) atoms. The third-order valence-electron chi connectivity index (χ3n) is 3.44. The number of H-pyrrole nitrogens is 1. The van der Waals surface area contributed by atoms with Crippen LogP contribution in [0.2, 0.25) is 0 Å². The van der Waals surface area contributed by atoms with Crippen molar-refractivity contribution in [3.63, 3.8) is 0 Å². The summed E-state index contributed by atoms with van der Waals surface area (Å²) in [7, 11) is 0. The van der Waals surface area contributed by atoms with Gasteiger partial charge in [0.1, 0.15) is 16.2 Å². The van der Waals surface area contributed by atoms with Crippen LogP contribution in [0.15, 0.2) is 28.7 Å². The molecule has 5 heteroatoms. The molecule has 1 unspecified atom stereocenters. The molecule has 1 aromatic heterocycles. The number of aromatic amines is 1. The zero-order valence-electron chi connectivity index (χ0n) is 11.3. The molecule has 1 aliphatic rings. The lowest BCUT2D eigenvalue weighted by Crippen LogP contribution is -2.11. The highest BCUT2D eigenvalue weighted by atomic mass is 79.9. The topological polar surface area (TPSA) is 37.9 Å². The SMILES string of the molecule is CC(C)c1[nH]c(C2Cc3ccccc3O2)nc(=S)c1Br. The summed E-state index contributed by atoms with van der Waals surface area (Å²) in [6.07, 6.45) is 0.743. The Morgan fingerprint density at radius 2 is 2.15 bits per heavy atom. The summed E-state index contributed by atoms with van der Waals surface area (Å²) in [4.78, 5) is 7.85. The number of benzene rings is 1. The van der Waals surface area contributed by atoms with Gasteiger partial charge in [-0.3, -0.25) is 0 Å². The molecule has 0 aliphatic carbocycles. The van der Waals surface area contributed by atoms with Crippen LogP contribution in [-0.2, 0) is 6.42 Å². The van der Waals surface area contributed by atoms with Gasteiger partial charge in [-0.15, -0.1) is 0 Å². The molecule has 0 saturated carbocycles. The Labute approximate surface area is 131 Å². The predicted molar refractivity (Wildman–Crippen MR) is 84.7 cm³/mol. The van der Waals surface area contributed by atoms with E-state index in [9.17, 15) is 0 Å². The van der Waals surface area contributed by atoms with Crippen molar-refractivity contribution in [3.05, 3.63) is 50.5 Å². The first kappa shape index (κ1) is 13.8. The lowest BCUT2D eigenvalue weighted by Gasteiger charge is -2.15.